The molecule has 0 unspecified atom stereocenters. The van der Waals surface area contributed by atoms with Crippen molar-refractivity contribution in [3.8, 4) is 0 Å². The van der Waals surface area contributed by atoms with Crippen LogP contribution in [-0.2, 0) is 0 Å². The number of hydrogen-bond donors (Lipinski definition) is 1. The summed E-state index contributed by atoms with van der Waals surface area (Å²) in [5.74, 6) is 0. The Kier molecular flexibility index (Phi) is 13.2. The average molecular weight is 257 g/mol. The highest BCUT2D eigenvalue weighted by Gasteiger charge is 1.98. The van der Waals surface area contributed by atoms with Gasteiger partial charge >= 0.3 is 0 Å². The largest absolute Gasteiger partial charge is 0.330 e. The molecule has 0 aliphatic heterocycles. The van der Waals surface area contributed by atoms with Gasteiger partial charge in [0.1, 0.15) is 0 Å². The molecule has 0 aliphatic rings. The van der Waals surface area contributed by atoms with Crippen molar-refractivity contribution >= 4 is 0 Å². The smallest absolute Gasteiger partial charge is 0.00218 e. The fourth-order valence-corrected chi connectivity index (χ4v) is 2.15. The van der Waals surface area contributed by atoms with E-state index in [0.29, 0.717) is 0 Å². The molecule has 0 spiro atoms. The molecule has 110 valence electrons. The SMILES string of the molecule is CN(C)CCCCCCN(C)CCCCCCN. The van der Waals surface area contributed by atoms with Gasteiger partial charge < -0.3 is 15.5 Å². The van der Waals surface area contributed by atoms with Crippen LogP contribution in [0.2, 0.25) is 0 Å². The van der Waals surface area contributed by atoms with Crippen molar-refractivity contribution in [3.05, 3.63) is 0 Å². The van der Waals surface area contributed by atoms with Crippen LogP contribution in [0.15, 0.2) is 0 Å². The molecule has 3 nitrogen and oxygen atoms in total. The summed E-state index contributed by atoms with van der Waals surface area (Å²) >= 11 is 0. The molecule has 0 saturated heterocycles. The molecule has 3 heteroatoms. The number of nitrogens with zero attached hydrogens (tertiary/aromatic N) is 2. The molecule has 0 heterocycles. The fraction of sp³-hybridized carbons (Fsp3) is 1.00. The molecule has 2 N–H and O–H groups in total. The highest BCUT2D eigenvalue weighted by molar-refractivity contribution is 4.54. The molecule has 0 atom stereocenters. The lowest BCUT2D eigenvalue weighted by molar-refractivity contribution is 0.312. The van der Waals surface area contributed by atoms with Gasteiger partial charge in [-0.25, -0.2) is 0 Å². The van der Waals surface area contributed by atoms with Gasteiger partial charge in [0.05, 0.1) is 0 Å². The van der Waals surface area contributed by atoms with Crippen molar-refractivity contribution < 1.29 is 0 Å². The summed E-state index contributed by atoms with van der Waals surface area (Å²) in [5.41, 5.74) is 5.48. The van der Waals surface area contributed by atoms with Gasteiger partial charge in [-0.15, -0.1) is 0 Å². The Balaban J connectivity index is 3.14. The molecule has 0 saturated carbocycles. The zero-order valence-electron chi connectivity index (χ0n) is 13.0. The van der Waals surface area contributed by atoms with Crippen molar-refractivity contribution in [1.82, 2.24) is 9.80 Å². The third-order valence-electron chi connectivity index (χ3n) is 3.39. The quantitative estimate of drug-likeness (QED) is 0.515. The first-order valence-corrected chi connectivity index (χ1v) is 7.70. The predicted molar refractivity (Wildman–Crippen MR) is 82.0 cm³/mol. The van der Waals surface area contributed by atoms with Gasteiger partial charge in [0.2, 0.25) is 0 Å². The van der Waals surface area contributed by atoms with Gasteiger partial charge in [0.25, 0.3) is 0 Å². The van der Waals surface area contributed by atoms with Crippen LogP contribution < -0.4 is 5.73 Å². The third-order valence-corrected chi connectivity index (χ3v) is 3.39. The summed E-state index contributed by atoms with van der Waals surface area (Å²) in [5, 5.41) is 0. The second kappa shape index (κ2) is 13.3. The van der Waals surface area contributed by atoms with E-state index >= 15 is 0 Å². The van der Waals surface area contributed by atoms with Gasteiger partial charge in [0, 0.05) is 0 Å². The maximum Gasteiger partial charge on any atom is -0.00218 e. The number of nitrogens with two attached hydrogens (primary N) is 1. The van der Waals surface area contributed by atoms with Gasteiger partial charge in [-0.3, -0.25) is 0 Å². The molecule has 18 heavy (non-hydrogen) atoms. The van der Waals surface area contributed by atoms with Crippen LogP contribution in [-0.4, -0.2) is 57.1 Å². The summed E-state index contributed by atoms with van der Waals surface area (Å²) in [4.78, 5) is 4.75. The third kappa shape index (κ3) is 13.9. The summed E-state index contributed by atoms with van der Waals surface area (Å²) in [6, 6.07) is 0. The van der Waals surface area contributed by atoms with Crippen molar-refractivity contribution in [3.63, 3.8) is 0 Å². The Bertz CT molecular complexity index is 160. The summed E-state index contributed by atoms with van der Waals surface area (Å²) in [6.07, 6.45) is 10.6. The topological polar surface area (TPSA) is 32.5 Å². The Labute approximate surface area is 115 Å². The van der Waals surface area contributed by atoms with Crippen LogP contribution >= 0.6 is 0 Å². The van der Waals surface area contributed by atoms with Crippen LogP contribution in [0.3, 0.4) is 0 Å². The van der Waals surface area contributed by atoms with Gasteiger partial charge in [0.15, 0.2) is 0 Å². The second-order valence-corrected chi connectivity index (χ2v) is 5.72. The monoisotopic (exact) mass is 257 g/mol. The lowest BCUT2D eigenvalue weighted by atomic mass is 10.1. The molecule has 0 aromatic heterocycles. The Morgan fingerprint density at radius 1 is 0.611 bits per heavy atom. The molecule has 0 aromatic carbocycles. The van der Waals surface area contributed by atoms with E-state index in [0.717, 1.165) is 6.54 Å². The zero-order chi connectivity index (χ0) is 13.6. The summed E-state index contributed by atoms with van der Waals surface area (Å²) < 4.78 is 0. The molecular weight excluding hydrogens is 222 g/mol. The average Bonchev–Trinajstić information content (AvgIpc) is 2.33. The zero-order valence-corrected chi connectivity index (χ0v) is 13.0. The summed E-state index contributed by atoms with van der Waals surface area (Å²) in [7, 11) is 6.56. The van der Waals surface area contributed by atoms with Gasteiger partial charge in [-0.05, 0) is 73.0 Å². The van der Waals surface area contributed by atoms with Crippen LogP contribution in [0, 0.1) is 0 Å². The first kappa shape index (κ1) is 17.9. The van der Waals surface area contributed by atoms with E-state index in [4.69, 9.17) is 5.73 Å². The van der Waals surface area contributed by atoms with Crippen LogP contribution in [0.25, 0.3) is 0 Å². The maximum atomic E-state index is 5.48. The molecule has 0 rings (SSSR count). The lowest BCUT2D eigenvalue weighted by Crippen LogP contribution is -2.21. The first-order chi connectivity index (χ1) is 8.66. The molecule has 0 amide bonds. The minimum atomic E-state index is 0.850. The lowest BCUT2D eigenvalue weighted by Gasteiger charge is -2.16. The minimum absolute atomic E-state index is 0.850. The highest BCUT2D eigenvalue weighted by Crippen LogP contribution is 2.04. The molecule has 0 radical (unpaired) electrons. The number of rotatable bonds is 13. The first-order valence-electron chi connectivity index (χ1n) is 7.70. The van der Waals surface area contributed by atoms with Crippen molar-refractivity contribution in [2.45, 2.75) is 51.4 Å². The highest BCUT2D eigenvalue weighted by atomic mass is 15.1. The molecule has 0 bridgehead atoms. The molecular formula is C15H35N3. The minimum Gasteiger partial charge on any atom is -0.330 e. The van der Waals surface area contributed by atoms with E-state index in [1.807, 2.05) is 0 Å². The van der Waals surface area contributed by atoms with Crippen molar-refractivity contribution in [2.75, 3.05) is 47.3 Å². The van der Waals surface area contributed by atoms with Gasteiger partial charge in [-0.1, -0.05) is 25.7 Å². The van der Waals surface area contributed by atoms with E-state index in [1.165, 1.54) is 71.0 Å². The number of unbranched alkanes of at least 4 members (excludes halogenated alkanes) is 6. The maximum absolute atomic E-state index is 5.48. The van der Waals surface area contributed by atoms with E-state index < -0.39 is 0 Å². The molecule has 0 aromatic rings. The Hall–Kier alpha value is -0.120. The normalized spacial score (nSPS) is 11.7. The Morgan fingerprint density at radius 3 is 1.50 bits per heavy atom. The van der Waals surface area contributed by atoms with Crippen molar-refractivity contribution in [1.29, 1.82) is 0 Å². The number of hydrogen-bond acceptors (Lipinski definition) is 3. The van der Waals surface area contributed by atoms with E-state index in [-0.39, 0.29) is 0 Å². The van der Waals surface area contributed by atoms with E-state index in [2.05, 4.69) is 30.9 Å². The van der Waals surface area contributed by atoms with E-state index in [1.54, 1.807) is 0 Å². The standard InChI is InChI=1S/C15H35N3/c1-17(2)13-9-6-7-11-15-18(3)14-10-5-4-8-12-16/h4-16H2,1-3H3. The van der Waals surface area contributed by atoms with Crippen LogP contribution in [0.4, 0.5) is 0 Å². The van der Waals surface area contributed by atoms with Crippen LogP contribution in [0.1, 0.15) is 51.4 Å². The molecule has 0 fully saturated rings. The molecule has 0 aliphatic carbocycles. The van der Waals surface area contributed by atoms with Crippen LogP contribution in [0.5, 0.6) is 0 Å². The second-order valence-electron chi connectivity index (χ2n) is 5.72. The van der Waals surface area contributed by atoms with E-state index in [9.17, 15) is 0 Å². The fourth-order valence-electron chi connectivity index (χ4n) is 2.15. The Morgan fingerprint density at radius 2 is 1.06 bits per heavy atom. The predicted octanol–water partition coefficient (Wildman–Crippen LogP) is 2.56. The van der Waals surface area contributed by atoms with Gasteiger partial charge in [-0.2, -0.15) is 0 Å². The summed E-state index contributed by atoms with van der Waals surface area (Å²) in [6.45, 7) is 4.60. The van der Waals surface area contributed by atoms with Crippen molar-refractivity contribution in [2.24, 2.45) is 5.73 Å².